The molecule has 182 valence electrons. The number of benzene rings is 3. The Morgan fingerprint density at radius 1 is 0.889 bits per heavy atom. The Bertz CT molecular complexity index is 1330. The van der Waals surface area contributed by atoms with Crippen LogP contribution in [0.3, 0.4) is 0 Å². The third kappa shape index (κ3) is 3.96. The van der Waals surface area contributed by atoms with E-state index in [0.29, 0.717) is 36.3 Å². The minimum absolute atomic E-state index is 0.0280. The zero-order valence-electron chi connectivity index (χ0n) is 20.2. The van der Waals surface area contributed by atoms with E-state index >= 15 is 0 Å². The predicted molar refractivity (Wildman–Crippen MR) is 138 cm³/mol. The van der Waals surface area contributed by atoms with E-state index in [-0.39, 0.29) is 23.8 Å². The van der Waals surface area contributed by atoms with Gasteiger partial charge in [0.1, 0.15) is 6.04 Å². The van der Waals surface area contributed by atoms with Crippen LogP contribution in [0.5, 0.6) is 0 Å². The fourth-order valence-electron chi connectivity index (χ4n) is 5.86. The molecule has 1 N–H and O–H groups in total. The molecule has 6 nitrogen and oxygen atoms in total. The molecule has 36 heavy (non-hydrogen) atoms. The van der Waals surface area contributed by atoms with Crippen molar-refractivity contribution in [2.45, 2.75) is 50.7 Å². The lowest BCUT2D eigenvalue weighted by molar-refractivity contribution is -0.122. The van der Waals surface area contributed by atoms with E-state index < -0.39 is 6.04 Å². The molecule has 0 bridgehead atoms. The SMILES string of the molecule is O=C(NC1CCCc2ccccc21)c1ccc(CN2C(=O)C3CCCN3C(=O)c3ccccc32)cc1. The molecule has 6 rings (SSSR count). The van der Waals surface area contributed by atoms with Crippen LogP contribution < -0.4 is 10.2 Å². The van der Waals surface area contributed by atoms with Gasteiger partial charge in [0.25, 0.3) is 11.8 Å². The van der Waals surface area contributed by atoms with Gasteiger partial charge in [-0.25, -0.2) is 0 Å². The van der Waals surface area contributed by atoms with Gasteiger partial charge in [-0.15, -0.1) is 0 Å². The molecule has 0 aromatic heterocycles. The van der Waals surface area contributed by atoms with Gasteiger partial charge in [0.2, 0.25) is 5.91 Å². The summed E-state index contributed by atoms with van der Waals surface area (Å²) in [6, 6.07) is 22.7. The number of anilines is 1. The van der Waals surface area contributed by atoms with Crippen molar-refractivity contribution in [2.75, 3.05) is 11.4 Å². The normalized spacial score (nSPS) is 20.9. The third-order valence-corrected chi connectivity index (χ3v) is 7.72. The van der Waals surface area contributed by atoms with Gasteiger partial charge in [0.05, 0.1) is 23.8 Å². The van der Waals surface area contributed by atoms with Gasteiger partial charge in [-0.1, -0.05) is 48.5 Å². The second kappa shape index (κ2) is 9.26. The minimum Gasteiger partial charge on any atom is -0.345 e. The first-order valence-electron chi connectivity index (χ1n) is 12.8. The Morgan fingerprint density at radius 2 is 1.67 bits per heavy atom. The van der Waals surface area contributed by atoms with Crippen molar-refractivity contribution in [3.8, 4) is 0 Å². The van der Waals surface area contributed by atoms with Crippen molar-refractivity contribution < 1.29 is 14.4 Å². The van der Waals surface area contributed by atoms with Gasteiger partial charge >= 0.3 is 0 Å². The Morgan fingerprint density at radius 3 is 2.53 bits per heavy atom. The fraction of sp³-hybridized carbons (Fsp3) is 0.300. The summed E-state index contributed by atoms with van der Waals surface area (Å²) >= 11 is 0. The van der Waals surface area contributed by atoms with Crippen LogP contribution in [0, 0.1) is 0 Å². The molecule has 2 unspecified atom stereocenters. The first kappa shape index (κ1) is 22.5. The van der Waals surface area contributed by atoms with Gasteiger partial charge in [0.15, 0.2) is 0 Å². The van der Waals surface area contributed by atoms with Gasteiger partial charge in [-0.2, -0.15) is 0 Å². The number of amides is 3. The zero-order chi connectivity index (χ0) is 24.6. The van der Waals surface area contributed by atoms with Crippen molar-refractivity contribution in [3.63, 3.8) is 0 Å². The third-order valence-electron chi connectivity index (χ3n) is 7.72. The van der Waals surface area contributed by atoms with E-state index in [9.17, 15) is 14.4 Å². The van der Waals surface area contributed by atoms with E-state index in [4.69, 9.17) is 0 Å². The Balaban J connectivity index is 1.21. The number of carbonyl (C=O) groups is 3. The maximum atomic E-state index is 13.5. The second-order valence-electron chi connectivity index (χ2n) is 9.91. The first-order valence-corrected chi connectivity index (χ1v) is 12.8. The lowest BCUT2D eigenvalue weighted by Crippen LogP contribution is -2.44. The molecule has 3 amide bonds. The average molecular weight is 480 g/mol. The van der Waals surface area contributed by atoms with Crippen molar-refractivity contribution in [2.24, 2.45) is 0 Å². The molecule has 1 aliphatic carbocycles. The number of aryl methyl sites for hydroxylation is 1. The number of hydrogen-bond acceptors (Lipinski definition) is 3. The molecular weight excluding hydrogens is 450 g/mol. The van der Waals surface area contributed by atoms with Crippen LogP contribution in [0.2, 0.25) is 0 Å². The smallest absolute Gasteiger partial charge is 0.256 e. The number of para-hydroxylation sites is 1. The molecule has 2 heterocycles. The minimum atomic E-state index is -0.409. The maximum absolute atomic E-state index is 13.5. The Kier molecular flexibility index (Phi) is 5.80. The van der Waals surface area contributed by atoms with Gasteiger partial charge in [-0.3, -0.25) is 14.4 Å². The summed E-state index contributed by atoms with van der Waals surface area (Å²) in [6.45, 7) is 0.970. The standard InChI is InChI=1S/C30H29N3O3/c34-28(31-25-11-5-8-21-7-1-2-9-23(21)25)22-16-14-20(15-17-22)19-33-26-12-4-3-10-24(26)29(35)32-18-6-13-27(32)30(33)36/h1-4,7,9-10,12,14-17,25,27H,5-6,8,11,13,18-19H2,(H,31,34). The molecule has 3 aromatic carbocycles. The molecule has 0 saturated carbocycles. The van der Waals surface area contributed by atoms with Crippen LogP contribution in [0.25, 0.3) is 0 Å². The number of rotatable bonds is 4. The van der Waals surface area contributed by atoms with Crippen LogP contribution in [0.15, 0.2) is 72.8 Å². The number of fused-ring (bicyclic) bond motifs is 3. The van der Waals surface area contributed by atoms with Crippen LogP contribution in [0.1, 0.15) is 69.1 Å². The molecule has 3 aliphatic rings. The number of nitrogens with one attached hydrogen (secondary N) is 1. The van der Waals surface area contributed by atoms with Crippen molar-refractivity contribution in [1.29, 1.82) is 0 Å². The highest BCUT2D eigenvalue weighted by Gasteiger charge is 2.41. The number of nitrogens with zero attached hydrogens (tertiary/aromatic N) is 2. The molecule has 3 aromatic rings. The summed E-state index contributed by atoms with van der Waals surface area (Å²) in [4.78, 5) is 43.1. The summed E-state index contributed by atoms with van der Waals surface area (Å²) in [6.07, 6.45) is 4.59. The fourth-order valence-corrected chi connectivity index (χ4v) is 5.86. The van der Waals surface area contributed by atoms with Gasteiger partial charge in [-0.05, 0) is 73.1 Å². The molecule has 6 heteroatoms. The highest BCUT2D eigenvalue weighted by Crippen LogP contribution is 2.33. The lowest BCUT2D eigenvalue weighted by atomic mass is 9.87. The molecule has 2 atom stereocenters. The summed E-state index contributed by atoms with van der Waals surface area (Å²) in [5.41, 5.74) is 5.26. The number of carbonyl (C=O) groups excluding carboxylic acids is 3. The molecular formula is C30H29N3O3. The average Bonchev–Trinajstić information content (AvgIpc) is 3.39. The van der Waals surface area contributed by atoms with E-state index in [0.717, 1.165) is 31.2 Å². The van der Waals surface area contributed by atoms with E-state index in [1.165, 1.54) is 11.1 Å². The first-order chi connectivity index (χ1) is 17.6. The summed E-state index contributed by atoms with van der Waals surface area (Å²) < 4.78 is 0. The van der Waals surface area contributed by atoms with E-state index in [1.54, 1.807) is 15.9 Å². The molecule has 0 radical (unpaired) electrons. The molecule has 2 aliphatic heterocycles. The highest BCUT2D eigenvalue weighted by atomic mass is 16.2. The molecule has 1 fully saturated rings. The quantitative estimate of drug-likeness (QED) is 0.593. The molecule has 1 saturated heterocycles. The van der Waals surface area contributed by atoms with Crippen molar-refractivity contribution >= 4 is 23.4 Å². The van der Waals surface area contributed by atoms with E-state index in [2.05, 4.69) is 23.5 Å². The van der Waals surface area contributed by atoms with Gasteiger partial charge in [0, 0.05) is 12.1 Å². The molecule has 0 spiro atoms. The van der Waals surface area contributed by atoms with Crippen molar-refractivity contribution in [3.05, 3.63) is 101 Å². The van der Waals surface area contributed by atoms with Crippen LogP contribution in [-0.2, 0) is 17.8 Å². The van der Waals surface area contributed by atoms with Crippen LogP contribution in [-0.4, -0.2) is 35.2 Å². The van der Waals surface area contributed by atoms with Crippen LogP contribution >= 0.6 is 0 Å². The summed E-state index contributed by atoms with van der Waals surface area (Å²) in [5, 5.41) is 3.20. The largest absolute Gasteiger partial charge is 0.345 e. The highest BCUT2D eigenvalue weighted by molar-refractivity contribution is 6.11. The monoisotopic (exact) mass is 479 g/mol. The lowest BCUT2D eigenvalue weighted by Gasteiger charge is -2.27. The Hall–Kier alpha value is -3.93. The van der Waals surface area contributed by atoms with Crippen LogP contribution in [0.4, 0.5) is 5.69 Å². The topological polar surface area (TPSA) is 69.7 Å². The summed E-state index contributed by atoms with van der Waals surface area (Å²) in [5.74, 6) is -0.199. The van der Waals surface area contributed by atoms with E-state index in [1.807, 2.05) is 48.5 Å². The Labute approximate surface area is 210 Å². The summed E-state index contributed by atoms with van der Waals surface area (Å²) in [7, 11) is 0. The predicted octanol–water partition coefficient (Wildman–Crippen LogP) is 4.65. The van der Waals surface area contributed by atoms with Gasteiger partial charge < -0.3 is 15.1 Å². The van der Waals surface area contributed by atoms with Crippen molar-refractivity contribution in [1.82, 2.24) is 10.2 Å². The maximum Gasteiger partial charge on any atom is 0.256 e. The zero-order valence-corrected chi connectivity index (χ0v) is 20.2. The second-order valence-corrected chi connectivity index (χ2v) is 9.91. The number of hydrogen-bond donors (Lipinski definition) is 1.